The van der Waals surface area contributed by atoms with Crippen LogP contribution in [-0.2, 0) is 23.3 Å². The Morgan fingerprint density at radius 1 is 1.41 bits per heavy atom. The van der Waals surface area contributed by atoms with Crippen LogP contribution in [0.25, 0.3) is 0 Å². The van der Waals surface area contributed by atoms with Gasteiger partial charge in [-0.2, -0.15) is 17.8 Å². The molecule has 0 atom stereocenters. The molecular weight excluding hydrogens is 330 g/mol. The maximum absolute atomic E-state index is 12.2. The SMILES string of the molecule is NS(=O)(=O)N1Cc2n[nH]c(NC(=O)c3cccc(Cl)c3)c2C1. The van der Waals surface area contributed by atoms with Crippen LogP contribution in [0.15, 0.2) is 24.3 Å². The lowest BCUT2D eigenvalue weighted by Crippen LogP contribution is -2.32. The van der Waals surface area contributed by atoms with E-state index < -0.39 is 10.2 Å². The van der Waals surface area contributed by atoms with Gasteiger partial charge in [-0.25, -0.2) is 5.14 Å². The summed E-state index contributed by atoms with van der Waals surface area (Å²) in [7, 11) is -3.79. The summed E-state index contributed by atoms with van der Waals surface area (Å²) in [6, 6.07) is 6.48. The van der Waals surface area contributed by atoms with Gasteiger partial charge in [0.05, 0.1) is 12.2 Å². The lowest BCUT2D eigenvalue weighted by Gasteiger charge is -2.11. The molecule has 0 unspecified atom stereocenters. The smallest absolute Gasteiger partial charge is 0.277 e. The molecule has 3 rings (SSSR count). The minimum absolute atomic E-state index is 0.0653. The molecule has 8 nitrogen and oxygen atoms in total. The van der Waals surface area contributed by atoms with E-state index in [2.05, 4.69) is 15.5 Å². The predicted octanol–water partition coefficient (Wildman–Crippen LogP) is 0.835. The summed E-state index contributed by atoms with van der Waals surface area (Å²) >= 11 is 5.85. The Morgan fingerprint density at radius 2 is 2.18 bits per heavy atom. The van der Waals surface area contributed by atoms with Gasteiger partial charge in [0.15, 0.2) is 0 Å². The molecule has 1 aliphatic heterocycles. The van der Waals surface area contributed by atoms with Crippen molar-refractivity contribution in [3.05, 3.63) is 46.1 Å². The van der Waals surface area contributed by atoms with Gasteiger partial charge >= 0.3 is 0 Å². The van der Waals surface area contributed by atoms with E-state index in [1.807, 2.05) is 0 Å². The monoisotopic (exact) mass is 341 g/mol. The highest BCUT2D eigenvalue weighted by Crippen LogP contribution is 2.28. The van der Waals surface area contributed by atoms with Crippen LogP contribution in [0.3, 0.4) is 0 Å². The molecule has 0 spiro atoms. The minimum atomic E-state index is -3.79. The number of hydrogen-bond donors (Lipinski definition) is 3. The molecule has 2 aromatic rings. The lowest BCUT2D eigenvalue weighted by atomic mass is 10.2. The number of carbonyl (C=O) groups is 1. The fraction of sp³-hybridized carbons (Fsp3) is 0.167. The number of nitrogens with zero attached hydrogens (tertiary/aromatic N) is 2. The van der Waals surface area contributed by atoms with Gasteiger partial charge in [0.2, 0.25) is 0 Å². The van der Waals surface area contributed by atoms with Crippen molar-refractivity contribution in [1.29, 1.82) is 0 Å². The highest BCUT2D eigenvalue weighted by Gasteiger charge is 2.31. The van der Waals surface area contributed by atoms with Crippen molar-refractivity contribution >= 4 is 33.5 Å². The van der Waals surface area contributed by atoms with Crippen molar-refractivity contribution in [1.82, 2.24) is 14.5 Å². The summed E-state index contributed by atoms with van der Waals surface area (Å²) in [5.74, 6) is -0.0193. The first-order chi connectivity index (χ1) is 10.3. The van der Waals surface area contributed by atoms with Crippen molar-refractivity contribution < 1.29 is 13.2 Å². The zero-order valence-electron chi connectivity index (χ0n) is 11.2. The van der Waals surface area contributed by atoms with Crippen LogP contribution in [-0.4, -0.2) is 28.8 Å². The third-order valence-electron chi connectivity index (χ3n) is 3.30. The minimum Gasteiger partial charge on any atom is -0.307 e. The fourth-order valence-corrected chi connectivity index (χ4v) is 3.00. The highest BCUT2D eigenvalue weighted by atomic mass is 35.5. The van der Waals surface area contributed by atoms with E-state index in [4.69, 9.17) is 16.7 Å². The summed E-state index contributed by atoms with van der Waals surface area (Å²) in [5.41, 5.74) is 1.52. The highest BCUT2D eigenvalue weighted by molar-refractivity contribution is 7.86. The fourth-order valence-electron chi connectivity index (χ4n) is 2.20. The standard InChI is InChI=1S/C12H12ClN5O3S/c13-8-3-1-2-7(4-8)12(19)15-11-9-5-18(22(14,20)21)6-10(9)16-17-11/h1-4H,5-6H2,(H2,14,20,21)(H2,15,16,17,19). The summed E-state index contributed by atoms with van der Waals surface area (Å²) in [5, 5.41) is 14.9. The normalized spacial score (nSPS) is 14.8. The Labute approximate surface area is 131 Å². The molecule has 0 radical (unpaired) electrons. The van der Waals surface area contributed by atoms with Crippen molar-refractivity contribution in [2.24, 2.45) is 5.14 Å². The van der Waals surface area contributed by atoms with Gasteiger partial charge in [-0.05, 0) is 18.2 Å². The van der Waals surface area contributed by atoms with Crippen LogP contribution >= 0.6 is 11.6 Å². The molecule has 0 saturated carbocycles. The van der Waals surface area contributed by atoms with Crippen LogP contribution in [0, 0.1) is 0 Å². The molecular formula is C12H12ClN5O3S. The maximum atomic E-state index is 12.2. The molecule has 1 aromatic heterocycles. The largest absolute Gasteiger partial charge is 0.307 e. The zero-order valence-corrected chi connectivity index (χ0v) is 12.8. The number of aromatic amines is 1. The van der Waals surface area contributed by atoms with E-state index in [0.717, 1.165) is 4.31 Å². The Hall–Kier alpha value is -1.94. The number of nitrogens with one attached hydrogen (secondary N) is 2. The molecule has 1 aromatic carbocycles. The molecule has 1 aliphatic rings. The number of halogens is 1. The van der Waals surface area contributed by atoms with E-state index in [1.165, 1.54) is 6.07 Å². The van der Waals surface area contributed by atoms with Gasteiger partial charge in [-0.15, -0.1) is 0 Å². The second-order valence-corrected chi connectivity index (χ2v) is 6.78. The molecule has 116 valence electrons. The number of benzene rings is 1. The maximum Gasteiger partial charge on any atom is 0.277 e. The van der Waals surface area contributed by atoms with Crippen LogP contribution in [0.4, 0.5) is 5.82 Å². The van der Waals surface area contributed by atoms with Crippen LogP contribution in [0.2, 0.25) is 5.02 Å². The van der Waals surface area contributed by atoms with Gasteiger partial charge in [0.1, 0.15) is 5.82 Å². The number of nitrogens with two attached hydrogens (primary N) is 1. The molecule has 4 N–H and O–H groups in total. The molecule has 0 bridgehead atoms. The van der Waals surface area contributed by atoms with E-state index in [1.54, 1.807) is 18.2 Å². The van der Waals surface area contributed by atoms with E-state index >= 15 is 0 Å². The Bertz CT molecular complexity index is 848. The summed E-state index contributed by atoms with van der Waals surface area (Å²) < 4.78 is 23.8. The first kappa shape index (κ1) is 15.0. The van der Waals surface area contributed by atoms with Crippen molar-refractivity contribution in [3.63, 3.8) is 0 Å². The third-order valence-corrected chi connectivity index (χ3v) is 4.51. The second-order valence-electron chi connectivity index (χ2n) is 4.80. The first-order valence-corrected chi connectivity index (χ1v) is 8.13. The summed E-state index contributed by atoms with van der Waals surface area (Å²) in [6.07, 6.45) is 0. The quantitative estimate of drug-likeness (QED) is 0.765. The number of carbonyl (C=O) groups excluding carboxylic acids is 1. The van der Waals surface area contributed by atoms with E-state index in [0.29, 0.717) is 27.7 Å². The number of aromatic nitrogens is 2. The molecule has 10 heteroatoms. The predicted molar refractivity (Wildman–Crippen MR) is 80.3 cm³/mol. The number of hydrogen-bond acceptors (Lipinski definition) is 4. The van der Waals surface area contributed by atoms with Crippen molar-refractivity contribution in [3.8, 4) is 0 Å². The number of H-pyrrole nitrogens is 1. The third kappa shape index (κ3) is 2.83. The second kappa shape index (κ2) is 5.36. The average molecular weight is 342 g/mol. The molecule has 1 amide bonds. The lowest BCUT2D eigenvalue weighted by molar-refractivity contribution is 0.102. The molecule has 0 fully saturated rings. The van der Waals surface area contributed by atoms with Gasteiger partial charge in [0, 0.05) is 22.7 Å². The van der Waals surface area contributed by atoms with E-state index in [9.17, 15) is 13.2 Å². The van der Waals surface area contributed by atoms with Crippen molar-refractivity contribution in [2.75, 3.05) is 5.32 Å². The number of anilines is 1. The summed E-state index contributed by atoms with van der Waals surface area (Å²) in [4.78, 5) is 12.2. The van der Waals surface area contributed by atoms with Crippen LogP contribution in [0.5, 0.6) is 0 Å². The number of fused-ring (bicyclic) bond motifs is 1. The van der Waals surface area contributed by atoms with Gasteiger partial charge in [0.25, 0.3) is 16.1 Å². The molecule has 0 aliphatic carbocycles. The average Bonchev–Trinajstić information content (AvgIpc) is 3.00. The van der Waals surface area contributed by atoms with E-state index in [-0.39, 0.29) is 19.0 Å². The van der Waals surface area contributed by atoms with Crippen LogP contribution in [0.1, 0.15) is 21.6 Å². The molecule has 2 heterocycles. The molecule has 0 saturated heterocycles. The Balaban J connectivity index is 1.81. The van der Waals surface area contributed by atoms with Crippen molar-refractivity contribution in [2.45, 2.75) is 13.1 Å². The topological polar surface area (TPSA) is 121 Å². The van der Waals surface area contributed by atoms with Crippen LogP contribution < -0.4 is 10.5 Å². The van der Waals surface area contributed by atoms with Gasteiger partial charge in [-0.1, -0.05) is 17.7 Å². The Morgan fingerprint density at radius 3 is 2.86 bits per heavy atom. The molecule has 22 heavy (non-hydrogen) atoms. The van der Waals surface area contributed by atoms with Gasteiger partial charge < -0.3 is 5.32 Å². The first-order valence-electron chi connectivity index (χ1n) is 6.25. The van der Waals surface area contributed by atoms with Gasteiger partial charge in [-0.3, -0.25) is 9.89 Å². The number of rotatable bonds is 3. The Kier molecular flexibility index (Phi) is 3.65. The zero-order chi connectivity index (χ0) is 15.9. The summed E-state index contributed by atoms with van der Waals surface area (Å²) in [6.45, 7) is 0.146. The number of amides is 1.